The van der Waals surface area contributed by atoms with Crippen molar-refractivity contribution in [1.29, 1.82) is 0 Å². The summed E-state index contributed by atoms with van der Waals surface area (Å²) in [5.74, 6) is -0.533. The van der Waals surface area contributed by atoms with Crippen LogP contribution in [0.5, 0.6) is 0 Å². The lowest BCUT2D eigenvalue weighted by Crippen LogP contribution is -2.48. The SMILES string of the molecule is CC(C)[C@H](N)C(=O)NCC(=O)NC(c1ccccc1)C1CCCO1. The summed E-state index contributed by atoms with van der Waals surface area (Å²) in [6.07, 6.45) is 1.86. The van der Waals surface area contributed by atoms with Crippen molar-refractivity contribution in [2.45, 2.75) is 44.9 Å². The number of amides is 2. The molecule has 0 radical (unpaired) electrons. The fraction of sp³-hybridized carbons (Fsp3) is 0.556. The lowest BCUT2D eigenvalue weighted by molar-refractivity contribution is -0.128. The number of carbonyl (C=O) groups is 2. The fourth-order valence-electron chi connectivity index (χ4n) is 2.73. The van der Waals surface area contributed by atoms with E-state index in [0.717, 1.165) is 18.4 Å². The smallest absolute Gasteiger partial charge is 0.239 e. The molecule has 0 saturated carbocycles. The first kappa shape index (κ1) is 18.4. The highest BCUT2D eigenvalue weighted by Gasteiger charge is 2.28. The molecule has 24 heavy (non-hydrogen) atoms. The van der Waals surface area contributed by atoms with E-state index >= 15 is 0 Å². The second kappa shape index (κ2) is 8.80. The first-order valence-electron chi connectivity index (χ1n) is 8.48. The first-order chi connectivity index (χ1) is 11.5. The lowest BCUT2D eigenvalue weighted by atomic mass is 9.99. The molecule has 0 aromatic heterocycles. The predicted octanol–water partition coefficient (Wildman–Crippen LogP) is 1.12. The monoisotopic (exact) mass is 333 g/mol. The largest absolute Gasteiger partial charge is 0.376 e. The van der Waals surface area contributed by atoms with Gasteiger partial charge in [0, 0.05) is 6.61 Å². The van der Waals surface area contributed by atoms with Gasteiger partial charge in [-0.2, -0.15) is 0 Å². The third-order valence-corrected chi connectivity index (χ3v) is 4.26. The maximum atomic E-state index is 12.3. The summed E-state index contributed by atoms with van der Waals surface area (Å²) >= 11 is 0. The van der Waals surface area contributed by atoms with Crippen LogP contribution < -0.4 is 16.4 Å². The zero-order valence-electron chi connectivity index (χ0n) is 14.3. The van der Waals surface area contributed by atoms with Gasteiger partial charge in [0.15, 0.2) is 0 Å². The Hall–Kier alpha value is -1.92. The third-order valence-electron chi connectivity index (χ3n) is 4.26. The number of benzene rings is 1. The maximum absolute atomic E-state index is 12.3. The predicted molar refractivity (Wildman–Crippen MR) is 92.1 cm³/mol. The molecule has 1 heterocycles. The molecule has 1 fully saturated rings. The van der Waals surface area contributed by atoms with E-state index < -0.39 is 6.04 Å². The molecule has 2 rings (SSSR count). The Morgan fingerprint density at radius 1 is 1.29 bits per heavy atom. The molecule has 2 amide bonds. The number of carbonyl (C=O) groups excluding carboxylic acids is 2. The number of hydrogen-bond acceptors (Lipinski definition) is 4. The minimum Gasteiger partial charge on any atom is -0.376 e. The zero-order valence-corrected chi connectivity index (χ0v) is 14.3. The number of nitrogens with two attached hydrogens (primary N) is 1. The molecule has 2 unspecified atom stereocenters. The Morgan fingerprint density at radius 2 is 2.00 bits per heavy atom. The van der Waals surface area contributed by atoms with Crippen molar-refractivity contribution in [3.63, 3.8) is 0 Å². The van der Waals surface area contributed by atoms with Crippen molar-refractivity contribution in [1.82, 2.24) is 10.6 Å². The van der Waals surface area contributed by atoms with Gasteiger partial charge in [0.25, 0.3) is 0 Å². The highest BCUT2D eigenvalue weighted by atomic mass is 16.5. The molecule has 1 aliphatic heterocycles. The van der Waals surface area contributed by atoms with E-state index in [4.69, 9.17) is 10.5 Å². The molecule has 0 spiro atoms. The molecule has 0 aliphatic carbocycles. The minimum absolute atomic E-state index is 0.0250. The van der Waals surface area contributed by atoms with Crippen molar-refractivity contribution in [3.8, 4) is 0 Å². The standard InChI is InChI=1S/C18H27N3O3/c1-12(2)16(19)18(23)20-11-15(22)21-17(14-9-6-10-24-14)13-7-4-3-5-8-13/h3-5,7-8,12,14,16-17H,6,9-11,19H2,1-2H3,(H,20,23)(H,21,22)/t14?,16-,17?/m0/s1. The molecule has 6 heteroatoms. The average Bonchev–Trinajstić information content (AvgIpc) is 3.11. The summed E-state index contributed by atoms with van der Waals surface area (Å²) in [6, 6.07) is 8.93. The van der Waals surface area contributed by atoms with E-state index in [9.17, 15) is 9.59 Å². The van der Waals surface area contributed by atoms with Gasteiger partial charge in [-0.05, 0) is 24.3 Å². The van der Waals surface area contributed by atoms with Crippen LogP contribution in [0.25, 0.3) is 0 Å². The quantitative estimate of drug-likeness (QED) is 0.697. The second-order valence-corrected chi connectivity index (χ2v) is 6.49. The van der Waals surface area contributed by atoms with Gasteiger partial charge in [-0.1, -0.05) is 44.2 Å². The number of nitrogens with one attached hydrogen (secondary N) is 2. The summed E-state index contributed by atoms with van der Waals surface area (Å²) in [6.45, 7) is 4.36. The van der Waals surface area contributed by atoms with E-state index in [-0.39, 0.29) is 36.4 Å². The van der Waals surface area contributed by atoms with Crippen LogP contribution >= 0.6 is 0 Å². The molecule has 1 aliphatic rings. The van der Waals surface area contributed by atoms with E-state index in [1.165, 1.54) is 0 Å². The molecule has 3 atom stereocenters. The van der Waals surface area contributed by atoms with Crippen LogP contribution in [0.2, 0.25) is 0 Å². The van der Waals surface area contributed by atoms with Crippen LogP contribution in [-0.4, -0.2) is 37.1 Å². The lowest BCUT2D eigenvalue weighted by Gasteiger charge is -2.25. The fourth-order valence-corrected chi connectivity index (χ4v) is 2.73. The average molecular weight is 333 g/mol. The highest BCUT2D eigenvalue weighted by molar-refractivity contribution is 5.87. The minimum atomic E-state index is -0.610. The highest BCUT2D eigenvalue weighted by Crippen LogP contribution is 2.26. The Balaban J connectivity index is 1.94. The second-order valence-electron chi connectivity index (χ2n) is 6.49. The zero-order chi connectivity index (χ0) is 17.5. The Bertz CT molecular complexity index is 542. The van der Waals surface area contributed by atoms with Crippen molar-refractivity contribution in [2.75, 3.05) is 13.2 Å². The summed E-state index contributed by atoms with van der Waals surface area (Å²) in [4.78, 5) is 24.1. The molecule has 4 N–H and O–H groups in total. The molecule has 1 saturated heterocycles. The van der Waals surface area contributed by atoms with Crippen molar-refractivity contribution >= 4 is 11.8 Å². The normalized spacial score (nSPS) is 19.8. The number of hydrogen-bond donors (Lipinski definition) is 3. The van der Waals surface area contributed by atoms with Gasteiger partial charge in [-0.15, -0.1) is 0 Å². The molecule has 1 aromatic rings. The van der Waals surface area contributed by atoms with Crippen LogP contribution in [0.1, 0.15) is 38.3 Å². The van der Waals surface area contributed by atoms with Gasteiger partial charge in [0.1, 0.15) is 0 Å². The topological polar surface area (TPSA) is 93.5 Å². The Morgan fingerprint density at radius 3 is 2.58 bits per heavy atom. The van der Waals surface area contributed by atoms with Crippen LogP contribution in [0.4, 0.5) is 0 Å². The van der Waals surface area contributed by atoms with Crippen LogP contribution in [0.15, 0.2) is 30.3 Å². The van der Waals surface area contributed by atoms with Crippen LogP contribution in [0.3, 0.4) is 0 Å². The van der Waals surface area contributed by atoms with E-state index in [2.05, 4.69) is 10.6 Å². The summed E-state index contributed by atoms with van der Waals surface area (Å²) in [5.41, 5.74) is 6.78. The van der Waals surface area contributed by atoms with Gasteiger partial charge in [-0.3, -0.25) is 9.59 Å². The van der Waals surface area contributed by atoms with Gasteiger partial charge in [0.2, 0.25) is 11.8 Å². The molecular weight excluding hydrogens is 306 g/mol. The molecular formula is C18H27N3O3. The Labute approximate surface area is 143 Å². The van der Waals surface area contributed by atoms with Gasteiger partial charge in [0.05, 0.1) is 24.7 Å². The van der Waals surface area contributed by atoms with Gasteiger partial charge >= 0.3 is 0 Å². The molecule has 1 aromatic carbocycles. The van der Waals surface area contributed by atoms with Crippen molar-refractivity contribution < 1.29 is 14.3 Å². The Kier molecular flexibility index (Phi) is 6.75. The number of rotatable bonds is 7. The molecule has 6 nitrogen and oxygen atoms in total. The van der Waals surface area contributed by atoms with Crippen molar-refractivity contribution in [2.24, 2.45) is 11.7 Å². The van der Waals surface area contributed by atoms with Gasteiger partial charge in [-0.25, -0.2) is 0 Å². The van der Waals surface area contributed by atoms with Crippen LogP contribution in [-0.2, 0) is 14.3 Å². The van der Waals surface area contributed by atoms with E-state index in [1.807, 2.05) is 44.2 Å². The number of ether oxygens (including phenoxy) is 1. The van der Waals surface area contributed by atoms with Crippen LogP contribution in [0, 0.1) is 5.92 Å². The first-order valence-corrected chi connectivity index (χ1v) is 8.48. The molecule has 0 bridgehead atoms. The van der Waals surface area contributed by atoms with Crippen molar-refractivity contribution in [3.05, 3.63) is 35.9 Å². The third kappa shape index (κ3) is 5.04. The maximum Gasteiger partial charge on any atom is 0.239 e. The van der Waals surface area contributed by atoms with E-state index in [0.29, 0.717) is 6.61 Å². The summed E-state index contributed by atoms with van der Waals surface area (Å²) in [5, 5.41) is 5.57. The van der Waals surface area contributed by atoms with Gasteiger partial charge < -0.3 is 21.1 Å². The summed E-state index contributed by atoms with van der Waals surface area (Å²) in [7, 11) is 0. The summed E-state index contributed by atoms with van der Waals surface area (Å²) < 4.78 is 5.74. The molecule has 132 valence electrons. The van der Waals surface area contributed by atoms with E-state index in [1.54, 1.807) is 0 Å².